The normalized spacial score (nSPS) is 14.7. The molecule has 0 N–H and O–H groups in total. The number of hydrogen-bond acceptors (Lipinski definition) is 5. The van der Waals surface area contributed by atoms with Crippen molar-refractivity contribution >= 4 is 23.5 Å². The minimum absolute atomic E-state index is 0.0872. The first-order valence-corrected chi connectivity index (χ1v) is 5.84. The van der Waals surface area contributed by atoms with E-state index in [4.69, 9.17) is 4.84 Å². The van der Waals surface area contributed by atoms with Crippen molar-refractivity contribution in [2.24, 2.45) is 0 Å². The third-order valence-corrected chi connectivity index (χ3v) is 2.78. The number of nitrogens with zero attached hydrogens (tertiary/aromatic N) is 2. The van der Waals surface area contributed by atoms with Gasteiger partial charge in [0.1, 0.15) is 0 Å². The Kier molecular flexibility index (Phi) is 3.50. The Hall–Kier alpha value is -2.37. The summed E-state index contributed by atoms with van der Waals surface area (Å²) in [6.07, 6.45) is 0.174. The van der Waals surface area contributed by atoms with Gasteiger partial charge < -0.3 is 9.74 Å². The van der Waals surface area contributed by atoms with Crippen molar-refractivity contribution in [3.8, 4) is 0 Å². The first kappa shape index (κ1) is 13.1. The van der Waals surface area contributed by atoms with Crippen molar-refractivity contribution in [1.82, 2.24) is 5.06 Å². The zero-order chi connectivity index (χ0) is 14.0. The van der Waals surface area contributed by atoms with Crippen molar-refractivity contribution in [2.45, 2.75) is 12.8 Å². The molecule has 1 fully saturated rings. The Morgan fingerprint density at radius 2 is 1.84 bits per heavy atom. The summed E-state index contributed by atoms with van der Waals surface area (Å²) >= 11 is 0. The molecule has 0 bridgehead atoms. The summed E-state index contributed by atoms with van der Waals surface area (Å²) in [5, 5.41) is 0.546. The van der Waals surface area contributed by atoms with E-state index in [0.29, 0.717) is 10.6 Å². The van der Waals surface area contributed by atoms with Crippen LogP contribution in [0.4, 0.5) is 5.69 Å². The summed E-state index contributed by atoms with van der Waals surface area (Å²) < 4.78 is 0. The summed E-state index contributed by atoms with van der Waals surface area (Å²) in [4.78, 5) is 41.2. The quantitative estimate of drug-likeness (QED) is 0.759. The molecule has 1 aromatic carbocycles. The summed E-state index contributed by atoms with van der Waals surface area (Å²) in [6.45, 7) is 0. The van der Waals surface area contributed by atoms with Gasteiger partial charge in [0, 0.05) is 32.6 Å². The average molecular weight is 262 g/mol. The second-order valence-corrected chi connectivity index (χ2v) is 4.41. The Bertz CT molecular complexity index is 523. The molecule has 0 aromatic heterocycles. The maximum atomic E-state index is 11.9. The van der Waals surface area contributed by atoms with Crippen LogP contribution in [0.3, 0.4) is 0 Å². The zero-order valence-corrected chi connectivity index (χ0v) is 10.8. The second-order valence-electron chi connectivity index (χ2n) is 4.41. The molecule has 0 saturated carbocycles. The Morgan fingerprint density at radius 3 is 2.42 bits per heavy atom. The van der Waals surface area contributed by atoms with Crippen molar-refractivity contribution in [3.63, 3.8) is 0 Å². The highest BCUT2D eigenvalue weighted by Gasteiger charge is 2.33. The number of benzene rings is 1. The molecule has 1 saturated heterocycles. The highest BCUT2D eigenvalue weighted by molar-refractivity contribution is 6.02. The molecule has 0 atom stereocenters. The fraction of sp³-hybridized carbons (Fsp3) is 0.308. The minimum atomic E-state index is -0.715. The van der Waals surface area contributed by atoms with E-state index in [1.807, 2.05) is 25.1 Å². The first-order valence-electron chi connectivity index (χ1n) is 5.84. The SMILES string of the molecule is CN(C)c1cccc(C(=O)ON2C(=O)CCC2=O)c1. The molecule has 0 radical (unpaired) electrons. The minimum Gasteiger partial charge on any atom is -0.378 e. The molecular weight excluding hydrogens is 248 g/mol. The molecule has 19 heavy (non-hydrogen) atoms. The molecule has 0 aliphatic carbocycles. The number of carbonyl (C=O) groups is 3. The maximum absolute atomic E-state index is 11.9. The highest BCUT2D eigenvalue weighted by Crippen LogP contribution is 2.17. The average Bonchev–Trinajstić information content (AvgIpc) is 2.70. The van der Waals surface area contributed by atoms with E-state index >= 15 is 0 Å². The zero-order valence-electron chi connectivity index (χ0n) is 10.8. The molecule has 0 unspecified atom stereocenters. The van der Waals surface area contributed by atoms with E-state index in [1.54, 1.807) is 18.2 Å². The van der Waals surface area contributed by atoms with Crippen LogP contribution < -0.4 is 4.90 Å². The lowest BCUT2D eigenvalue weighted by Gasteiger charge is -2.15. The lowest BCUT2D eigenvalue weighted by Crippen LogP contribution is -2.32. The van der Waals surface area contributed by atoms with Crippen LogP contribution in [-0.4, -0.2) is 36.9 Å². The predicted octanol–water partition coefficient (Wildman–Crippen LogP) is 0.973. The van der Waals surface area contributed by atoms with Crippen molar-refractivity contribution in [1.29, 1.82) is 0 Å². The highest BCUT2D eigenvalue weighted by atomic mass is 16.7. The van der Waals surface area contributed by atoms with Crippen LogP contribution in [-0.2, 0) is 14.4 Å². The van der Waals surface area contributed by atoms with Gasteiger partial charge in [-0.1, -0.05) is 6.07 Å². The Morgan fingerprint density at radius 1 is 1.21 bits per heavy atom. The molecule has 1 aliphatic heterocycles. The number of hydroxylamine groups is 2. The summed E-state index contributed by atoms with van der Waals surface area (Å²) in [6, 6.07) is 6.75. The van der Waals surface area contributed by atoms with E-state index in [-0.39, 0.29) is 12.8 Å². The van der Waals surface area contributed by atoms with Crippen LogP contribution in [0.1, 0.15) is 23.2 Å². The van der Waals surface area contributed by atoms with Gasteiger partial charge in [0.05, 0.1) is 5.56 Å². The standard InChI is InChI=1S/C13H14N2O4/c1-14(2)10-5-3-4-9(8-10)13(18)19-15-11(16)6-7-12(15)17/h3-5,8H,6-7H2,1-2H3. The number of hydrogen-bond donors (Lipinski definition) is 0. The van der Waals surface area contributed by atoms with Gasteiger partial charge >= 0.3 is 5.97 Å². The third-order valence-electron chi connectivity index (χ3n) is 2.78. The van der Waals surface area contributed by atoms with Gasteiger partial charge in [-0.15, -0.1) is 5.06 Å². The number of carbonyl (C=O) groups excluding carboxylic acids is 3. The number of anilines is 1. The molecule has 100 valence electrons. The molecule has 2 amide bonds. The third kappa shape index (κ3) is 2.73. The molecule has 0 spiro atoms. The van der Waals surface area contributed by atoms with Gasteiger partial charge in [-0.05, 0) is 18.2 Å². The van der Waals surface area contributed by atoms with E-state index in [1.165, 1.54) is 0 Å². The lowest BCUT2D eigenvalue weighted by atomic mass is 10.2. The molecule has 1 aromatic rings. The van der Waals surface area contributed by atoms with Gasteiger partial charge in [0.25, 0.3) is 11.8 Å². The van der Waals surface area contributed by atoms with Gasteiger partial charge in [-0.2, -0.15) is 0 Å². The monoisotopic (exact) mass is 262 g/mol. The molecule has 1 aliphatic rings. The Labute approximate surface area is 110 Å². The molecular formula is C13H14N2O4. The molecule has 1 heterocycles. The van der Waals surface area contributed by atoms with Crippen LogP contribution in [0.15, 0.2) is 24.3 Å². The van der Waals surface area contributed by atoms with E-state index < -0.39 is 17.8 Å². The topological polar surface area (TPSA) is 66.9 Å². The molecule has 6 heteroatoms. The fourth-order valence-electron chi connectivity index (χ4n) is 1.70. The van der Waals surface area contributed by atoms with Crippen LogP contribution in [0, 0.1) is 0 Å². The summed E-state index contributed by atoms with van der Waals surface area (Å²) in [5.74, 6) is -1.68. The van der Waals surface area contributed by atoms with Gasteiger partial charge in [0.2, 0.25) is 0 Å². The van der Waals surface area contributed by atoms with E-state index in [9.17, 15) is 14.4 Å². The molecule has 6 nitrogen and oxygen atoms in total. The van der Waals surface area contributed by atoms with Gasteiger partial charge in [-0.3, -0.25) is 9.59 Å². The van der Waals surface area contributed by atoms with E-state index in [0.717, 1.165) is 5.69 Å². The number of imide groups is 1. The predicted molar refractivity (Wildman–Crippen MR) is 67.3 cm³/mol. The van der Waals surface area contributed by atoms with Crippen LogP contribution >= 0.6 is 0 Å². The second kappa shape index (κ2) is 5.09. The maximum Gasteiger partial charge on any atom is 0.363 e. The molecule has 2 rings (SSSR count). The van der Waals surface area contributed by atoms with Crippen LogP contribution in [0.5, 0.6) is 0 Å². The summed E-state index contributed by atoms with van der Waals surface area (Å²) in [7, 11) is 3.69. The fourth-order valence-corrected chi connectivity index (χ4v) is 1.70. The van der Waals surface area contributed by atoms with Crippen molar-refractivity contribution in [3.05, 3.63) is 29.8 Å². The number of amides is 2. The van der Waals surface area contributed by atoms with Crippen molar-refractivity contribution in [2.75, 3.05) is 19.0 Å². The smallest absolute Gasteiger partial charge is 0.363 e. The first-order chi connectivity index (χ1) is 8.99. The Balaban J connectivity index is 2.14. The van der Waals surface area contributed by atoms with Gasteiger partial charge in [-0.25, -0.2) is 4.79 Å². The van der Waals surface area contributed by atoms with Crippen LogP contribution in [0.2, 0.25) is 0 Å². The van der Waals surface area contributed by atoms with Gasteiger partial charge in [0.15, 0.2) is 0 Å². The van der Waals surface area contributed by atoms with E-state index in [2.05, 4.69) is 0 Å². The summed E-state index contributed by atoms with van der Waals surface area (Å²) in [5.41, 5.74) is 1.12. The lowest BCUT2D eigenvalue weighted by molar-refractivity contribution is -0.172. The van der Waals surface area contributed by atoms with Crippen molar-refractivity contribution < 1.29 is 19.2 Å². The van der Waals surface area contributed by atoms with Crippen LogP contribution in [0.25, 0.3) is 0 Å². The largest absolute Gasteiger partial charge is 0.378 e. The number of rotatable bonds is 3.